The molecule has 2 unspecified atom stereocenters. The van der Waals surface area contributed by atoms with E-state index in [0.717, 1.165) is 24.6 Å². The number of nitrogens with zero attached hydrogens (tertiary/aromatic N) is 1. The van der Waals surface area contributed by atoms with Gasteiger partial charge in [-0.3, -0.25) is 4.90 Å². The Morgan fingerprint density at radius 2 is 2.24 bits per heavy atom. The van der Waals surface area contributed by atoms with E-state index in [-0.39, 0.29) is 11.9 Å². The maximum absolute atomic E-state index is 13.8. The van der Waals surface area contributed by atoms with Crippen molar-refractivity contribution in [3.05, 3.63) is 35.6 Å². The molecule has 2 rings (SSSR count). The van der Waals surface area contributed by atoms with E-state index in [2.05, 4.69) is 11.8 Å². The van der Waals surface area contributed by atoms with Gasteiger partial charge >= 0.3 is 0 Å². The van der Waals surface area contributed by atoms with Crippen LogP contribution in [-0.4, -0.2) is 24.5 Å². The second-order valence-electron chi connectivity index (χ2n) is 4.83. The van der Waals surface area contributed by atoms with E-state index >= 15 is 0 Å². The van der Waals surface area contributed by atoms with Gasteiger partial charge in [0.2, 0.25) is 0 Å². The van der Waals surface area contributed by atoms with Crippen molar-refractivity contribution in [1.29, 1.82) is 0 Å². The molecule has 1 fully saturated rings. The van der Waals surface area contributed by atoms with Gasteiger partial charge in [-0.25, -0.2) is 4.39 Å². The molecular formula is C14H21FN2. The van der Waals surface area contributed by atoms with Gasteiger partial charge in [-0.1, -0.05) is 31.5 Å². The largest absolute Gasteiger partial charge is 0.329 e. The van der Waals surface area contributed by atoms with E-state index in [1.165, 1.54) is 18.9 Å². The van der Waals surface area contributed by atoms with Crippen molar-refractivity contribution in [2.75, 3.05) is 19.6 Å². The van der Waals surface area contributed by atoms with Crippen LogP contribution in [0.5, 0.6) is 0 Å². The van der Waals surface area contributed by atoms with E-state index in [0.29, 0.717) is 6.54 Å². The fraction of sp³-hybridized carbons (Fsp3) is 0.571. The van der Waals surface area contributed by atoms with Gasteiger partial charge in [-0.15, -0.1) is 0 Å². The molecule has 1 aliphatic heterocycles. The van der Waals surface area contributed by atoms with Crippen LogP contribution in [0.2, 0.25) is 0 Å². The number of halogens is 1. The fourth-order valence-electron chi connectivity index (χ4n) is 2.70. The van der Waals surface area contributed by atoms with Crippen molar-refractivity contribution < 1.29 is 4.39 Å². The lowest BCUT2D eigenvalue weighted by atomic mass is 10.0. The lowest BCUT2D eigenvalue weighted by molar-refractivity contribution is 0.236. The monoisotopic (exact) mass is 236 g/mol. The summed E-state index contributed by atoms with van der Waals surface area (Å²) in [6.45, 7) is 4.79. The van der Waals surface area contributed by atoms with Crippen LogP contribution >= 0.6 is 0 Å². The maximum atomic E-state index is 13.8. The number of likely N-dealkylation sites (tertiary alicyclic amines) is 1. The van der Waals surface area contributed by atoms with Crippen LogP contribution in [0.3, 0.4) is 0 Å². The maximum Gasteiger partial charge on any atom is 0.128 e. The molecule has 0 radical (unpaired) electrons. The smallest absolute Gasteiger partial charge is 0.128 e. The molecule has 0 aliphatic carbocycles. The van der Waals surface area contributed by atoms with E-state index in [9.17, 15) is 4.39 Å². The molecule has 1 aromatic carbocycles. The van der Waals surface area contributed by atoms with Gasteiger partial charge in [0.1, 0.15) is 5.82 Å². The molecule has 2 N–H and O–H groups in total. The fourth-order valence-corrected chi connectivity index (χ4v) is 2.70. The highest BCUT2D eigenvalue weighted by Gasteiger charge is 2.28. The molecule has 0 bridgehead atoms. The SMILES string of the molecule is CCC1CCN(C(CN)c2ccccc2F)C1. The van der Waals surface area contributed by atoms with Crippen molar-refractivity contribution in [3.63, 3.8) is 0 Å². The van der Waals surface area contributed by atoms with Gasteiger partial charge in [0.15, 0.2) is 0 Å². The first kappa shape index (κ1) is 12.5. The van der Waals surface area contributed by atoms with Crippen LogP contribution in [-0.2, 0) is 0 Å². The number of hydrogen-bond acceptors (Lipinski definition) is 2. The second-order valence-corrected chi connectivity index (χ2v) is 4.83. The van der Waals surface area contributed by atoms with E-state index in [1.54, 1.807) is 6.07 Å². The van der Waals surface area contributed by atoms with Crippen molar-refractivity contribution in [3.8, 4) is 0 Å². The topological polar surface area (TPSA) is 29.3 Å². The third-order valence-electron chi connectivity index (χ3n) is 3.82. The molecule has 0 aromatic heterocycles. The summed E-state index contributed by atoms with van der Waals surface area (Å²) in [7, 11) is 0. The molecule has 0 spiro atoms. The van der Waals surface area contributed by atoms with E-state index in [4.69, 9.17) is 5.73 Å². The zero-order valence-electron chi connectivity index (χ0n) is 10.4. The minimum Gasteiger partial charge on any atom is -0.329 e. The van der Waals surface area contributed by atoms with Gasteiger partial charge < -0.3 is 5.73 Å². The first-order valence-corrected chi connectivity index (χ1v) is 6.44. The lowest BCUT2D eigenvalue weighted by Crippen LogP contribution is -2.32. The summed E-state index contributed by atoms with van der Waals surface area (Å²) in [4.78, 5) is 2.33. The Hall–Kier alpha value is -0.930. The summed E-state index contributed by atoms with van der Waals surface area (Å²) >= 11 is 0. The van der Waals surface area contributed by atoms with Gasteiger partial charge in [0.05, 0.1) is 0 Å². The summed E-state index contributed by atoms with van der Waals surface area (Å²) in [5.74, 6) is 0.610. The van der Waals surface area contributed by atoms with Crippen LogP contribution in [0.25, 0.3) is 0 Å². The Labute approximate surface area is 103 Å². The third-order valence-corrected chi connectivity index (χ3v) is 3.82. The molecule has 1 saturated heterocycles. The normalized spacial score (nSPS) is 22.9. The average molecular weight is 236 g/mol. The molecule has 1 aliphatic rings. The Balaban J connectivity index is 2.15. The molecule has 2 atom stereocenters. The van der Waals surface area contributed by atoms with Gasteiger partial charge in [-0.2, -0.15) is 0 Å². The van der Waals surface area contributed by atoms with E-state index in [1.807, 2.05) is 12.1 Å². The quantitative estimate of drug-likeness (QED) is 0.870. The molecule has 17 heavy (non-hydrogen) atoms. The third kappa shape index (κ3) is 2.67. The van der Waals surface area contributed by atoms with Crippen molar-refractivity contribution >= 4 is 0 Å². The molecule has 3 heteroatoms. The molecule has 0 amide bonds. The molecule has 1 aromatic rings. The minimum atomic E-state index is -0.136. The van der Waals surface area contributed by atoms with Crippen LogP contribution in [0.1, 0.15) is 31.4 Å². The van der Waals surface area contributed by atoms with Gasteiger partial charge in [-0.05, 0) is 24.9 Å². The molecule has 94 valence electrons. The number of rotatable bonds is 4. The second kappa shape index (κ2) is 5.61. The minimum absolute atomic E-state index is 0.0350. The van der Waals surface area contributed by atoms with Crippen molar-refractivity contribution in [1.82, 2.24) is 4.90 Å². The van der Waals surface area contributed by atoms with Crippen LogP contribution < -0.4 is 5.73 Å². The molecular weight excluding hydrogens is 215 g/mol. The standard InChI is InChI=1S/C14H21FN2/c1-2-11-7-8-17(10-11)14(9-16)12-5-3-4-6-13(12)15/h3-6,11,14H,2,7-10,16H2,1H3. The highest BCUT2D eigenvalue weighted by Crippen LogP contribution is 2.29. The Bertz CT molecular complexity index is 367. The summed E-state index contributed by atoms with van der Waals surface area (Å²) in [6, 6.07) is 7.02. The lowest BCUT2D eigenvalue weighted by Gasteiger charge is -2.27. The number of hydrogen-bond donors (Lipinski definition) is 1. The van der Waals surface area contributed by atoms with Crippen molar-refractivity contribution in [2.45, 2.75) is 25.8 Å². The number of nitrogens with two attached hydrogens (primary N) is 1. The highest BCUT2D eigenvalue weighted by molar-refractivity contribution is 5.22. The van der Waals surface area contributed by atoms with Crippen LogP contribution in [0.15, 0.2) is 24.3 Å². The Kier molecular flexibility index (Phi) is 4.13. The summed E-state index contributed by atoms with van der Waals surface area (Å²) in [6.07, 6.45) is 2.41. The van der Waals surface area contributed by atoms with E-state index < -0.39 is 0 Å². The first-order valence-electron chi connectivity index (χ1n) is 6.44. The summed E-state index contributed by atoms with van der Waals surface area (Å²) < 4.78 is 13.8. The predicted octanol–water partition coefficient (Wildman–Crippen LogP) is 2.56. The summed E-state index contributed by atoms with van der Waals surface area (Å²) in [5, 5.41) is 0. The highest BCUT2D eigenvalue weighted by atomic mass is 19.1. The number of benzene rings is 1. The van der Waals surface area contributed by atoms with Crippen molar-refractivity contribution in [2.24, 2.45) is 11.7 Å². The Morgan fingerprint density at radius 3 is 2.82 bits per heavy atom. The zero-order valence-corrected chi connectivity index (χ0v) is 10.4. The molecule has 0 saturated carbocycles. The summed E-state index contributed by atoms with van der Waals surface area (Å²) in [5.41, 5.74) is 6.57. The Morgan fingerprint density at radius 1 is 1.47 bits per heavy atom. The van der Waals surface area contributed by atoms with Gasteiger partial charge in [0.25, 0.3) is 0 Å². The first-order chi connectivity index (χ1) is 8.26. The predicted molar refractivity (Wildman–Crippen MR) is 68.2 cm³/mol. The van der Waals surface area contributed by atoms with Gasteiger partial charge in [0, 0.05) is 24.7 Å². The molecule has 2 nitrogen and oxygen atoms in total. The van der Waals surface area contributed by atoms with Crippen LogP contribution in [0, 0.1) is 11.7 Å². The van der Waals surface area contributed by atoms with Crippen LogP contribution in [0.4, 0.5) is 4.39 Å². The molecule has 1 heterocycles. The zero-order chi connectivity index (χ0) is 12.3. The average Bonchev–Trinajstić information content (AvgIpc) is 2.81.